The first kappa shape index (κ1) is 55.6. The van der Waals surface area contributed by atoms with Crippen molar-refractivity contribution in [1.29, 1.82) is 0 Å². The number of benzene rings is 2. The Bertz CT molecular complexity index is 2600. The summed E-state index contributed by atoms with van der Waals surface area (Å²) in [6.45, 7) is 17.2. The second-order valence-corrected chi connectivity index (χ2v) is 22.0. The molecule has 5 heterocycles. The van der Waals surface area contributed by atoms with Gasteiger partial charge in [0.2, 0.25) is 0 Å². The van der Waals surface area contributed by atoms with Crippen LogP contribution in [-0.4, -0.2) is 115 Å². The lowest BCUT2D eigenvalue weighted by atomic mass is 9.84. The van der Waals surface area contributed by atoms with E-state index in [1.807, 2.05) is 13.8 Å². The van der Waals surface area contributed by atoms with Gasteiger partial charge in [-0.05, 0) is 138 Å². The van der Waals surface area contributed by atoms with Gasteiger partial charge >= 0.3 is 12.1 Å². The van der Waals surface area contributed by atoms with Gasteiger partial charge in [-0.15, -0.1) is 0 Å². The third-order valence-corrected chi connectivity index (χ3v) is 15.7. The largest absolute Gasteiger partial charge is 0.508 e. The fourth-order valence-corrected chi connectivity index (χ4v) is 10.9. The standard InChI is InChI=1S/C58H77N3O13/c1-35(2)14-9-16-37(5)18-11-23-57(7)48(64)30-42-46(63)28-40-44(51(42)73-57)32-60(53(40)66)25-13-20-50(71-34-62)61-33-45-41(54(61)67)29-47(72-56(70)59-26-21-39(22-27-59)55(68)69)43-31-49(65)58(8,74-52(43)45)24-12-19-38(6)17-10-15-36(3)4/h14-15,18-19,28-29,34,39,48-50,63-65H,9-13,16-17,20-27,30-33H2,1-8H3,(H,68,69)/b37-18+,38-19+/t48-,49-,50+,57+,58+/m0/s1. The molecular weight excluding hydrogens is 947 g/mol. The van der Waals surface area contributed by atoms with Crippen LogP contribution in [0, 0.1) is 5.92 Å². The Kier molecular flexibility index (Phi) is 17.7. The first-order valence-electron chi connectivity index (χ1n) is 26.4. The number of aliphatic hydroxyl groups excluding tert-OH is 2. The number of phenolic OH excluding ortho intramolecular Hbond substituents is 1. The molecule has 1 fully saturated rings. The summed E-state index contributed by atoms with van der Waals surface area (Å²) in [6, 6.07) is 2.91. The predicted molar refractivity (Wildman–Crippen MR) is 278 cm³/mol. The first-order chi connectivity index (χ1) is 35.1. The highest BCUT2D eigenvalue weighted by molar-refractivity contribution is 6.01. The predicted octanol–water partition coefficient (Wildman–Crippen LogP) is 9.63. The normalized spacial score (nSPS) is 23.0. The van der Waals surface area contributed by atoms with Crippen molar-refractivity contribution in [3.05, 3.63) is 92.1 Å². The minimum absolute atomic E-state index is 0.0196. The molecule has 5 aliphatic rings. The first-order valence-corrected chi connectivity index (χ1v) is 26.4. The van der Waals surface area contributed by atoms with Gasteiger partial charge in [-0.1, -0.05) is 46.6 Å². The van der Waals surface area contributed by atoms with Crippen LogP contribution in [0.2, 0.25) is 0 Å². The van der Waals surface area contributed by atoms with Crippen molar-refractivity contribution in [2.45, 2.75) is 188 Å². The zero-order chi connectivity index (χ0) is 53.6. The van der Waals surface area contributed by atoms with E-state index in [4.69, 9.17) is 18.9 Å². The van der Waals surface area contributed by atoms with Crippen LogP contribution in [0.15, 0.2) is 58.7 Å². The number of carbonyl (C=O) groups excluding carboxylic acids is 4. The summed E-state index contributed by atoms with van der Waals surface area (Å²) in [5, 5.41) is 43.7. The van der Waals surface area contributed by atoms with Gasteiger partial charge in [0.25, 0.3) is 18.3 Å². The number of allylic oxidation sites excluding steroid dienone is 8. The van der Waals surface area contributed by atoms with E-state index in [0.29, 0.717) is 71.4 Å². The molecule has 4 N–H and O–H groups in total. The van der Waals surface area contributed by atoms with Gasteiger partial charge in [-0.25, -0.2) is 4.79 Å². The molecule has 2 aromatic rings. The van der Waals surface area contributed by atoms with Gasteiger partial charge in [0, 0.05) is 61.2 Å². The van der Waals surface area contributed by atoms with Crippen molar-refractivity contribution < 1.29 is 63.3 Å². The van der Waals surface area contributed by atoms with E-state index in [9.17, 15) is 44.4 Å². The lowest BCUT2D eigenvalue weighted by Crippen LogP contribution is -2.49. The SMILES string of the molecule is CC(C)=CCC/C(C)=C/CC[C@@]1(C)Oc2c(c(O)cc3c2CN(CCC[C@@H](OC=O)N2Cc4c(cc(OC(=O)N5CCC(C(=O)O)CC5)c5c4O[C@](C)(CC/C=C(\C)CCC=C(C)C)[C@@H](O)C5)C2=O)C3=O)C[C@@H]1O. The highest BCUT2D eigenvalue weighted by Crippen LogP contribution is 2.49. The number of amides is 3. The molecule has 5 aliphatic heterocycles. The maximum atomic E-state index is 14.5. The fraction of sp³-hybridized carbons (Fsp3) is 0.569. The van der Waals surface area contributed by atoms with E-state index >= 15 is 0 Å². The molecule has 0 radical (unpaired) electrons. The topological polar surface area (TPSA) is 213 Å². The number of hydrogen-bond acceptors (Lipinski definition) is 12. The molecule has 0 bridgehead atoms. The van der Waals surface area contributed by atoms with E-state index in [2.05, 4.69) is 65.8 Å². The van der Waals surface area contributed by atoms with Crippen LogP contribution in [0.4, 0.5) is 4.79 Å². The number of aromatic hydroxyl groups is 1. The van der Waals surface area contributed by atoms with Crippen LogP contribution in [-0.2, 0) is 40.3 Å². The van der Waals surface area contributed by atoms with Gasteiger partial charge in [0.15, 0.2) is 6.23 Å². The fourth-order valence-electron chi connectivity index (χ4n) is 10.9. The summed E-state index contributed by atoms with van der Waals surface area (Å²) in [5.41, 5.74) is 5.45. The monoisotopic (exact) mass is 1020 g/mol. The van der Waals surface area contributed by atoms with Gasteiger partial charge in [-0.3, -0.25) is 24.1 Å². The number of carbonyl (C=O) groups is 5. The molecule has 2 aromatic carbocycles. The lowest BCUT2D eigenvalue weighted by Gasteiger charge is -2.41. The molecule has 0 aliphatic carbocycles. The minimum Gasteiger partial charge on any atom is -0.508 e. The Labute approximate surface area is 435 Å². The molecule has 5 atom stereocenters. The number of hydrogen-bond donors (Lipinski definition) is 4. The maximum absolute atomic E-state index is 14.5. The Morgan fingerprint density at radius 3 is 1.85 bits per heavy atom. The van der Waals surface area contributed by atoms with Crippen LogP contribution in [0.3, 0.4) is 0 Å². The summed E-state index contributed by atoms with van der Waals surface area (Å²) in [7, 11) is 0. The molecule has 3 amide bonds. The number of aliphatic hydroxyl groups is 2. The number of phenols is 1. The van der Waals surface area contributed by atoms with Crippen LogP contribution in [0.5, 0.6) is 23.0 Å². The molecule has 74 heavy (non-hydrogen) atoms. The number of likely N-dealkylation sites (tertiary alicyclic amines) is 1. The molecule has 0 unspecified atom stereocenters. The Balaban J connectivity index is 1.07. The quantitative estimate of drug-likeness (QED) is 0.0678. The third-order valence-electron chi connectivity index (χ3n) is 15.7. The highest BCUT2D eigenvalue weighted by atomic mass is 16.6. The second-order valence-electron chi connectivity index (χ2n) is 22.0. The van der Waals surface area contributed by atoms with Crippen molar-refractivity contribution in [1.82, 2.24) is 14.7 Å². The number of carboxylic acid groups (broad SMARTS) is 1. The molecule has 402 valence electrons. The van der Waals surface area contributed by atoms with E-state index in [1.165, 1.54) is 44.2 Å². The Hall–Kier alpha value is -6.13. The number of fused-ring (bicyclic) bond motifs is 6. The van der Waals surface area contributed by atoms with Crippen molar-refractivity contribution in [2.24, 2.45) is 5.92 Å². The van der Waals surface area contributed by atoms with Gasteiger partial charge in [0.05, 0.1) is 42.3 Å². The molecule has 7 rings (SSSR count). The molecule has 0 aromatic heterocycles. The van der Waals surface area contributed by atoms with Gasteiger partial charge in [-0.2, -0.15) is 0 Å². The maximum Gasteiger partial charge on any atom is 0.415 e. The van der Waals surface area contributed by atoms with E-state index < -0.39 is 53.5 Å². The van der Waals surface area contributed by atoms with Crippen molar-refractivity contribution in [3.63, 3.8) is 0 Å². The van der Waals surface area contributed by atoms with Gasteiger partial charge < -0.3 is 49.2 Å². The summed E-state index contributed by atoms with van der Waals surface area (Å²) in [6.07, 6.45) is 12.3. The van der Waals surface area contributed by atoms with Crippen LogP contribution >= 0.6 is 0 Å². The zero-order valence-corrected chi connectivity index (χ0v) is 44.6. The molecule has 1 saturated heterocycles. The molecular formula is C58H77N3O13. The molecule has 16 nitrogen and oxygen atoms in total. The van der Waals surface area contributed by atoms with Crippen molar-refractivity contribution >= 4 is 30.3 Å². The number of piperidine rings is 1. The number of rotatable bonds is 21. The second kappa shape index (κ2) is 23.6. The van der Waals surface area contributed by atoms with Crippen LogP contribution in [0.1, 0.15) is 175 Å². The van der Waals surface area contributed by atoms with Crippen molar-refractivity contribution in [3.8, 4) is 23.0 Å². The van der Waals surface area contributed by atoms with Gasteiger partial charge in [0.1, 0.15) is 34.2 Å². The summed E-state index contributed by atoms with van der Waals surface area (Å²) >= 11 is 0. The lowest BCUT2D eigenvalue weighted by molar-refractivity contribution is -0.143. The average molecular weight is 1020 g/mol. The minimum atomic E-state index is -1.09. The zero-order valence-electron chi connectivity index (χ0n) is 44.6. The number of nitrogens with zero attached hydrogens (tertiary/aromatic N) is 3. The van der Waals surface area contributed by atoms with E-state index in [0.717, 1.165) is 25.7 Å². The summed E-state index contributed by atoms with van der Waals surface area (Å²) < 4.78 is 25.0. The van der Waals surface area contributed by atoms with E-state index in [-0.39, 0.29) is 94.3 Å². The number of carboxylic acids is 1. The molecule has 16 heteroatoms. The third kappa shape index (κ3) is 12.5. The Morgan fingerprint density at radius 1 is 0.757 bits per heavy atom. The van der Waals surface area contributed by atoms with Crippen molar-refractivity contribution in [2.75, 3.05) is 19.6 Å². The summed E-state index contributed by atoms with van der Waals surface area (Å²) in [5.74, 6) is -1.64. The Morgan fingerprint density at radius 2 is 1.30 bits per heavy atom. The van der Waals surface area contributed by atoms with Crippen LogP contribution in [0.25, 0.3) is 0 Å². The number of ether oxygens (including phenoxy) is 4. The molecule has 0 saturated carbocycles. The summed E-state index contributed by atoms with van der Waals surface area (Å²) in [4.78, 5) is 70.4. The van der Waals surface area contributed by atoms with Crippen LogP contribution < -0.4 is 14.2 Å². The van der Waals surface area contributed by atoms with E-state index in [1.54, 1.807) is 4.90 Å². The highest BCUT2D eigenvalue weighted by Gasteiger charge is 2.47. The smallest absolute Gasteiger partial charge is 0.415 e. The average Bonchev–Trinajstić information content (AvgIpc) is 3.84. The number of aliphatic carboxylic acids is 1. The molecule has 0 spiro atoms.